The second-order valence-corrected chi connectivity index (χ2v) is 3.56. The molecule has 0 fully saturated rings. The number of nitrogens with two attached hydrogens (primary N) is 1. The number of carboxylic acids is 1. The van der Waals surface area contributed by atoms with Crippen molar-refractivity contribution in [3.63, 3.8) is 0 Å². The average molecular weight is 222 g/mol. The second kappa shape index (κ2) is 3.57. The number of nitrogens with one attached hydrogen (secondary N) is 1. The first-order valence-corrected chi connectivity index (χ1v) is 4.89. The van der Waals surface area contributed by atoms with Gasteiger partial charge in [-0.2, -0.15) is 0 Å². The zero-order valence-corrected chi connectivity index (χ0v) is 8.32. The van der Waals surface area contributed by atoms with Gasteiger partial charge in [-0.05, 0) is 6.26 Å². The number of carbonyl (C=O) groups is 1. The maximum absolute atomic E-state index is 10.7. The molecule has 0 aromatic carbocycles. The molecule has 0 aromatic heterocycles. The average Bonchev–Trinajstić information content (AvgIpc) is 2.09. The van der Waals surface area contributed by atoms with Gasteiger partial charge in [0.2, 0.25) is 5.66 Å². The van der Waals surface area contributed by atoms with Crippen LogP contribution in [0.4, 0.5) is 0 Å². The van der Waals surface area contributed by atoms with E-state index in [1.54, 1.807) is 6.26 Å². The van der Waals surface area contributed by atoms with Crippen LogP contribution in [0.2, 0.25) is 0 Å². The molecule has 0 saturated heterocycles. The summed E-state index contributed by atoms with van der Waals surface area (Å²) < 4.78 is 0. The van der Waals surface area contributed by atoms with Crippen LogP contribution in [0.1, 0.15) is 0 Å². The SMILES string of the molecule is CSC1=C(Cl)N=CC(N)(C(=O)O)N1. The first kappa shape index (κ1) is 10.4. The predicted molar refractivity (Wildman–Crippen MR) is 52.6 cm³/mol. The van der Waals surface area contributed by atoms with E-state index in [0.29, 0.717) is 5.03 Å². The number of nitrogens with zero attached hydrogens (tertiary/aromatic N) is 1. The van der Waals surface area contributed by atoms with E-state index in [-0.39, 0.29) is 5.16 Å². The van der Waals surface area contributed by atoms with E-state index in [2.05, 4.69) is 10.3 Å². The van der Waals surface area contributed by atoms with Crippen LogP contribution in [-0.2, 0) is 4.79 Å². The summed E-state index contributed by atoms with van der Waals surface area (Å²) in [5.41, 5.74) is 3.81. The molecule has 4 N–H and O–H groups in total. The fraction of sp³-hybridized carbons (Fsp3) is 0.333. The number of carboxylic acid groups (broad SMARTS) is 1. The molecule has 1 heterocycles. The Morgan fingerprint density at radius 3 is 3.00 bits per heavy atom. The van der Waals surface area contributed by atoms with Crippen LogP contribution in [0.5, 0.6) is 0 Å². The van der Waals surface area contributed by atoms with Crippen LogP contribution < -0.4 is 11.1 Å². The van der Waals surface area contributed by atoms with Gasteiger partial charge in [-0.25, -0.2) is 9.79 Å². The summed E-state index contributed by atoms with van der Waals surface area (Å²) in [6.45, 7) is 0. The maximum Gasteiger partial charge on any atom is 0.350 e. The van der Waals surface area contributed by atoms with Gasteiger partial charge in [0.15, 0.2) is 5.16 Å². The predicted octanol–water partition coefficient (Wildman–Crippen LogP) is 0.128. The number of aliphatic carboxylic acids is 1. The quantitative estimate of drug-likeness (QED) is 0.577. The van der Waals surface area contributed by atoms with E-state index in [4.69, 9.17) is 22.4 Å². The molecule has 5 nitrogen and oxygen atoms in total. The zero-order chi connectivity index (χ0) is 10.1. The molecule has 1 aliphatic heterocycles. The Bertz CT molecular complexity index is 304. The molecule has 7 heteroatoms. The van der Waals surface area contributed by atoms with Crippen LogP contribution in [-0.4, -0.2) is 29.2 Å². The Kier molecular flexibility index (Phi) is 2.84. The summed E-state index contributed by atoms with van der Waals surface area (Å²) in [6.07, 6.45) is 2.81. The molecule has 0 bridgehead atoms. The Morgan fingerprint density at radius 1 is 1.92 bits per heavy atom. The Balaban J connectivity index is 2.95. The molecule has 0 spiro atoms. The zero-order valence-electron chi connectivity index (χ0n) is 6.74. The molecule has 1 unspecified atom stereocenters. The molecule has 0 aliphatic carbocycles. The van der Waals surface area contributed by atoms with E-state index in [1.165, 1.54) is 11.8 Å². The molecule has 13 heavy (non-hydrogen) atoms. The van der Waals surface area contributed by atoms with Crippen molar-refractivity contribution in [2.75, 3.05) is 6.26 Å². The third-order valence-electron chi connectivity index (χ3n) is 1.45. The lowest BCUT2D eigenvalue weighted by Crippen LogP contribution is -2.61. The van der Waals surface area contributed by atoms with Gasteiger partial charge >= 0.3 is 5.97 Å². The first-order chi connectivity index (χ1) is 5.99. The minimum atomic E-state index is -1.66. The number of aliphatic imine (C=N–C) groups is 1. The number of hydrogen-bond donors (Lipinski definition) is 3. The van der Waals surface area contributed by atoms with Gasteiger partial charge in [-0.15, -0.1) is 11.8 Å². The molecular formula is C6H8ClN3O2S. The maximum atomic E-state index is 10.7. The molecule has 1 atom stereocenters. The third kappa shape index (κ3) is 1.96. The van der Waals surface area contributed by atoms with Crippen LogP contribution in [0.15, 0.2) is 15.2 Å². The van der Waals surface area contributed by atoms with Gasteiger partial charge in [0.25, 0.3) is 0 Å². The number of thioether (sulfide) groups is 1. The number of hydrogen-bond acceptors (Lipinski definition) is 5. The Hall–Kier alpha value is -0.720. The van der Waals surface area contributed by atoms with Crippen LogP contribution in [0.25, 0.3) is 0 Å². The summed E-state index contributed by atoms with van der Waals surface area (Å²) in [4.78, 5) is 14.4. The molecule has 72 valence electrons. The lowest BCUT2D eigenvalue weighted by molar-refractivity contribution is -0.141. The highest BCUT2D eigenvalue weighted by Crippen LogP contribution is 2.23. The van der Waals surface area contributed by atoms with Crippen molar-refractivity contribution in [2.45, 2.75) is 5.66 Å². The molecular weight excluding hydrogens is 214 g/mol. The fourth-order valence-electron chi connectivity index (χ4n) is 0.733. The van der Waals surface area contributed by atoms with Crippen molar-refractivity contribution >= 4 is 35.5 Å². The summed E-state index contributed by atoms with van der Waals surface area (Å²) in [6, 6.07) is 0. The standard InChI is InChI=1S/C6H8ClN3O2S/c1-13-4-3(7)9-2-6(8,10-4)5(11)12/h2,10H,8H2,1H3,(H,11,12). The highest BCUT2D eigenvalue weighted by atomic mass is 35.5. The van der Waals surface area contributed by atoms with Gasteiger partial charge < -0.3 is 10.4 Å². The van der Waals surface area contributed by atoms with Gasteiger partial charge in [0, 0.05) is 0 Å². The minimum absolute atomic E-state index is 0.217. The molecule has 0 amide bonds. The van der Waals surface area contributed by atoms with Gasteiger partial charge in [-0.1, -0.05) is 11.6 Å². The third-order valence-corrected chi connectivity index (χ3v) is 2.55. The lowest BCUT2D eigenvalue weighted by Gasteiger charge is -2.26. The largest absolute Gasteiger partial charge is 0.478 e. The highest BCUT2D eigenvalue weighted by molar-refractivity contribution is 8.02. The topological polar surface area (TPSA) is 87.7 Å². The Labute approximate surface area is 84.0 Å². The monoisotopic (exact) mass is 221 g/mol. The van der Waals surface area contributed by atoms with Crippen molar-refractivity contribution in [1.29, 1.82) is 0 Å². The molecule has 0 radical (unpaired) electrons. The molecule has 1 aliphatic rings. The fourth-order valence-corrected chi connectivity index (χ4v) is 1.55. The van der Waals surface area contributed by atoms with Crippen molar-refractivity contribution in [1.82, 2.24) is 5.32 Å². The van der Waals surface area contributed by atoms with Crippen LogP contribution >= 0.6 is 23.4 Å². The van der Waals surface area contributed by atoms with E-state index in [9.17, 15) is 4.79 Å². The molecule has 0 saturated carbocycles. The Morgan fingerprint density at radius 2 is 2.54 bits per heavy atom. The second-order valence-electron chi connectivity index (χ2n) is 2.38. The number of halogens is 1. The van der Waals surface area contributed by atoms with Gasteiger partial charge in [0.05, 0.1) is 6.21 Å². The summed E-state index contributed by atoms with van der Waals surface area (Å²) in [7, 11) is 0. The normalized spacial score (nSPS) is 27.3. The van der Waals surface area contributed by atoms with Crippen molar-refractivity contribution in [2.24, 2.45) is 10.7 Å². The van der Waals surface area contributed by atoms with E-state index >= 15 is 0 Å². The van der Waals surface area contributed by atoms with Crippen molar-refractivity contribution < 1.29 is 9.90 Å². The van der Waals surface area contributed by atoms with Gasteiger partial charge in [-0.3, -0.25) is 5.73 Å². The summed E-state index contributed by atoms with van der Waals surface area (Å²) >= 11 is 6.92. The number of rotatable bonds is 2. The smallest absolute Gasteiger partial charge is 0.350 e. The highest BCUT2D eigenvalue weighted by Gasteiger charge is 2.35. The van der Waals surface area contributed by atoms with Crippen LogP contribution in [0, 0.1) is 0 Å². The minimum Gasteiger partial charge on any atom is -0.478 e. The first-order valence-electron chi connectivity index (χ1n) is 3.29. The summed E-state index contributed by atoms with van der Waals surface area (Å²) in [5.74, 6) is -1.20. The van der Waals surface area contributed by atoms with Crippen molar-refractivity contribution in [3.05, 3.63) is 10.2 Å². The van der Waals surface area contributed by atoms with E-state index in [0.717, 1.165) is 6.21 Å². The van der Waals surface area contributed by atoms with Crippen molar-refractivity contribution in [3.8, 4) is 0 Å². The lowest BCUT2D eigenvalue weighted by atomic mass is 10.2. The summed E-state index contributed by atoms with van der Waals surface area (Å²) in [5, 5.41) is 12.0. The van der Waals surface area contributed by atoms with Gasteiger partial charge in [0.1, 0.15) is 5.03 Å². The van der Waals surface area contributed by atoms with E-state index in [1.807, 2.05) is 0 Å². The van der Waals surface area contributed by atoms with E-state index < -0.39 is 11.6 Å². The molecule has 0 aromatic rings. The molecule has 1 rings (SSSR count). The van der Waals surface area contributed by atoms with Crippen LogP contribution in [0.3, 0.4) is 0 Å².